The number of para-hydroxylation sites is 1. The number of amides is 1. The number of halogens is 2. The molecular weight excluding hydrogens is 350 g/mol. The lowest BCUT2D eigenvalue weighted by molar-refractivity contribution is 0.102. The second-order valence-electron chi connectivity index (χ2n) is 6.30. The third kappa shape index (κ3) is 3.92. The average molecular weight is 366 g/mol. The molecule has 0 radical (unpaired) electrons. The predicted octanol–water partition coefficient (Wildman–Crippen LogP) is 4.25. The first-order valence-corrected chi connectivity index (χ1v) is 8.56. The van der Waals surface area contributed by atoms with Gasteiger partial charge in [0.25, 0.3) is 5.91 Å². The number of nitrogens with one attached hydrogen (secondary N) is 2. The number of hydrogen-bond acceptors (Lipinski definition) is 4. The zero-order chi connectivity index (χ0) is 18.8. The number of benzene rings is 2. The van der Waals surface area contributed by atoms with Crippen LogP contribution in [-0.2, 0) is 0 Å². The van der Waals surface area contributed by atoms with Crippen molar-refractivity contribution in [3.05, 3.63) is 71.9 Å². The van der Waals surface area contributed by atoms with Crippen LogP contribution in [0, 0.1) is 11.6 Å². The zero-order valence-electron chi connectivity index (χ0n) is 14.2. The Balaban J connectivity index is 1.69. The first kappa shape index (κ1) is 17.1. The summed E-state index contributed by atoms with van der Waals surface area (Å²) in [5.41, 5.74) is 0.261. The van der Waals surface area contributed by atoms with E-state index in [1.54, 1.807) is 0 Å². The Bertz CT molecular complexity index is 970. The molecule has 1 aliphatic carbocycles. The van der Waals surface area contributed by atoms with Crippen LogP contribution >= 0.6 is 0 Å². The molecule has 2 N–H and O–H groups in total. The van der Waals surface area contributed by atoms with Gasteiger partial charge in [-0.3, -0.25) is 4.79 Å². The normalized spacial score (nSPS) is 13.3. The van der Waals surface area contributed by atoms with Crippen LogP contribution in [0.5, 0.6) is 0 Å². The Labute approximate surface area is 154 Å². The highest BCUT2D eigenvalue weighted by Gasteiger charge is 2.23. The maximum Gasteiger partial charge on any atom is 0.274 e. The number of aromatic nitrogens is 2. The van der Waals surface area contributed by atoms with Gasteiger partial charge in [-0.2, -0.15) is 0 Å². The van der Waals surface area contributed by atoms with Crippen molar-refractivity contribution in [2.45, 2.75) is 18.9 Å². The van der Waals surface area contributed by atoms with E-state index in [2.05, 4.69) is 20.6 Å². The maximum absolute atomic E-state index is 13.8. The van der Waals surface area contributed by atoms with Gasteiger partial charge in [0, 0.05) is 17.7 Å². The Kier molecular flexibility index (Phi) is 4.50. The van der Waals surface area contributed by atoms with E-state index in [1.165, 1.54) is 12.1 Å². The van der Waals surface area contributed by atoms with E-state index in [4.69, 9.17) is 0 Å². The maximum atomic E-state index is 13.8. The smallest absolute Gasteiger partial charge is 0.274 e. The molecule has 1 fully saturated rings. The van der Waals surface area contributed by atoms with Gasteiger partial charge < -0.3 is 10.6 Å². The van der Waals surface area contributed by atoms with Gasteiger partial charge >= 0.3 is 0 Å². The molecule has 0 saturated heterocycles. The van der Waals surface area contributed by atoms with Crippen LogP contribution < -0.4 is 10.6 Å². The summed E-state index contributed by atoms with van der Waals surface area (Å²) in [5, 5.41) is 5.49. The van der Waals surface area contributed by atoms with Crippen LogP contribution in [0.25, 0.3) is 11.4 Å². The van der Waals surface area contributed by atoms with Crippen molar-refractivity contribution in [1.82, 2.24) is 9.97 Å². The second kappa shape index (κ2) is 7.11. The molecule has 136 valence electrons. The zero-order valence-corrected chi connectivity index (χ0v) is 14.2. The summed E-state index contributed by atoms with van der Waals surface area (Å²) in [5.74, 6) is -1.54. The molecule has 0 aliphatic heterocycles. The second-order valence-corrected chi connectivity index (χ2v) is 6.30. The largest absolute Gasteiger partial charge is 0.367 e. The number of anilines is 2. The number of carbonyl (C=O) groups is 1. The molecule has 0 atom stereocenters. The van der Waals surface area contributed by atoms with Crippen molar-refractivity contribution in [1.29, 1.82) is 0 Å². The summed E-state index contributed by atoms with van der Waals surface area (Å²) < 4.78 is 27.7. The summed E-state index contributed by atoms with van der Waals surface area (Å²) in [6, 6.07) is 14.4. The van der Waals surface area contributed by atoms with Gasteiger partial charge in [-0.05, 0) is 25.0 Å². The lowest BCUT2D eigenvalue weighted by Gasteiger charge is -2.11. The summed E-state index contributed by atoms with van der Waals surface area (Å²) >= 11 is 0. The molecule has 0 bridgehead atoms. The van der Waals surface area contributed by atoms with Crippen molar-refractivity contribution >= 4 is 17.4 Å². The van der Waals surface area contributed by atoms with E-state index in [9.17, 15) is 13.6 Å². The van der Waals surface area contributed by atoms with Crippen LogP contribution in [0.3, 0.4) is 0 Å². The minimum absolute atomic E-state index is 0.0228. The highest BCUT2D eigenvalue weighted by molar-refractivity contribution is 6.03. The van der Waals surface area contributed by atoms with Gasteiger partial charge in [-0.1, -0.05) is 36.4 Å². The molecule has 4 rings (SSSR count). The molecule has 1 aliphatic rings. The van der Waals surface area contributed by atoms with Gasteiger partial charge in [0.05, 0.1) is 0 Å². The van der Waals surface area contributed by atoms with Crippen molar-refractivity contribution in [2.24, 2.45) is 0 Å². The van der Waals surface area contributed by atoms with E-state index < -0.39 is 23.2 Å². The fraction of sp³-hybridized carbons (Fsp3) is 0.150. The van der Waals surface area contributed by atoms with E-state index >= 15 is 0 Å². The lowest BCUT2D eigenvalue weighted by Crippen LogP contribution is -2.17. The fourth-order valence-corrected chi connectivity index (χ4v) is 2.59. The molecule has 5 nitrogen and oxygen atoms in total. The molecule has 3 aromatic rings. The Hall–Kier alpha value is -3.35. The van der Waals surface area contributed by atoms with Crippen molar-refractivity contribution in [2.75, 3.05) is 10.6 Å². The fourth-order valence-electron chi connectivity index (χ4n) is 2.59. The summed E-state index contributed by atoms with van der Waals surface area (Å²) in [7, 11) is 0. The molecular formula is C20H16F2N4O. The first-order valence-electron chi connectivity index (χ1n) is 8.56. The van der Waals surface area contributed by atoms with E-state index in [0.717, 1.165) is 30.5 Å². The highest BCUT2D eigenvalue weighted by atomic mass is 19.1. The van der Waals surface area contributed by atoms with Gasteiger partial charge in [-0.25, -0.2) is 18.7 Å². The van der Waals surface area contributed by atoms with E-state index in [0.29, 0.717) is 17.7 Å². The first-order chi connectivity index (χ1) is 13.1. The quantitative estimate of drug-likeness (QED) is 0.708. The summed E-state index contributed by atoms with van der Waals surface area (Å²) in [6.45, 7) is 0. The third-order valence-corrected chi connectivity index (χ3v) is 4.12. The molecule has 7 heteroatoms. The van der Waals surface area contributed by atoms with Crippen molar-refractivity contribution in [3.8, 4) is 11.4 Å². The number of carbonyl (C=O) groups excluding carboxylic acids is 1. The van der Waals surface area contributed by atoms with Crippen LogP contribution in [0.1, 0.15) is 23.3 Å². The van der Waals surface area contributed by atoms with Crippen LogP contribution in [-0.4, -0.2) is 21.9 Å². The Morgan fingerprint density at radius 2 is 1.67 bits per heavy atom. The monoisotopic (exact) mass is 366 g/mol. The van der Waals surface area contributed by atoms with Crippen molar-refractivity contribution in [3.63, 3.8) is 0 Å². The van der Waals surface area contributed by atoms with Gasteiger partial charge in [0.1, 0.15) is 28.8 Å². The lowest BCUT2D eigenvalue weighted by atomic mass is 10.2. The van der Waals surface area contributed by atoms with E-state index in [1.807, 2.05) is 30.3 Å². The van der Waals surface area contributed by atoms with Gasteiger partial charge in [-0.15, -0.1) is 0 Å². The molecule has 1 aromatic heterocycles. The summed E-state index contributed by atoms with van der Waals surface area (Å²) in [6.07, 6.45) is 2.07. The molecule has 1 amide bonds. The van der Waals surface area contributed by atoms with Crippen LogP contribution in [0.15, 0.2) is 54.6 Å². The molecule has 0 spiro atoms. The Morgan fingerprint density at radius 1 is 0.963 bits per heavy atom. The molecule has 0 unspecified atom stereocenters. The standard InChI is InChI=1S/C20H16F2N4O/c21-14-7-4-8-15(22)18(14)26-20(27)16-11-17(23-13-9-10-13)25-19(24-16)12-5-2-1-3-6-12/h1-8,11,13H,9-10H2,(H,26,27)(H,23,24,25). The number of rotatable bonds is 5. The van der Waals surface area contributed by atoms with E-state index in [-0.39, 0.29) is 5.69 Å². The van der Waals surface area contributed by atoms with Crippen molar-refractivity contribution < 1.29 is 13.6 Å². The topological polar surface area (TPSA) is 66.9 Å². The molecule has 1 heterocycles. The minimum atomic E-state index is -0.850. The van der Waals surface area contributed by atoms with Crippen LogP contribution in [0.2, 0.25) is 0 Å². The number of hydrogen-bond donors (Lipinski definition) is 2. The van der Waals surface area contributed by atoms with Gasteiger partial charge in [0.2, 0.25) is 0 Å². The minimum Gasteiger partial charge on any atom is -0.367 e. The predicted molar refractivity (Wildman–Crippen MR) is 98.4 cm³/mol. The summed E-state index contributed by atoms with van der Waals surface area (Å²) in [4.78, 5) is 21.3. The number of nitrogens with zero attached hydrogens (tertiary/aromatic N) is 2. The highest BCUT2D eigenvalue weighted by Crippen LogP contribution is 2.26. The molecule has 2 aromatic carbocycles. The van der Waals surface area contributed by atoms with Gasteiger partial charge in [0.15, 0.2) is 5.82 Å². The molecule has 1 saturated carbocycles. The molecule has 27 heavy (non-hydrogen) atoms. The van der Waals surface area contributed by atoms with Crippen LogP contribution in [0.4, 0.5) is 20.3 Å². The third-order valence-electron chi connectivity index (χ3n) is 4.12. The Morgan fingerprint density at radius 3 is 2.33 bits per heavy atom. The average Bonchev–Trinajstić information content (AvgIpc) is 3.49. The SMILES string of the molecule is O=C(Nc1c(F)cccc1F)c1cc(NC2CC2)nc(-c2ccccc2)n1.